The van der Waals surface area contributed by atoms with Crippen molar-refractivity contribution in [1.82, 2.24) is 0 Å². The lowest BCUT2D eigenvalue weighted by Crippen LogP contribution is -2.30. The van der Waals surface area contributed by atoms with Crippen molar-refractivity contribution in [1.29, 1.82) is 0 Å². The van der Waals surface area contributed by atoms with Gasteiger partial charge in [0.25, 0.3) is 0 Å². The quantitative estimate of drug-likeness (QED) is 0.439. The summed E-state index contributed by atoms with van der Waals surface area (Å²) in [5.41, 5.74) is 12.7. The Bertz CT molecular complexity index is 350. The number of rotatable bonds is 6. The molecule has 0 fully saturated rings. The van der Waals surface area contributed by atoms with Gasteiger partial charge >= 0.3 is 0 Å². The van der Waals surface area contributed by atoms with Crippen molar-refractivity contribution >= 4 is 11.5 Å². The van der Waals surface area contributed by atoms with Crippen molar-refractivity contribution in [2.24, 2.45) is 5.73 Å². The topological polar surface area (TPSA) is 69.1 Å². The molecule has 1 aromatic rings. The van der Waals surface area contributed by atoms with Gasteiger partial charge in [0, 0.05) is 11.3 Å². The maximum absolute atomic E-state index is 12.0. The first-order valence-electron chi connectivity index (χ1n) is 5.81. The van der Waals surface area contributed by atoms with Gasteiger partial charge in [-0.05, 0) is 18.6 Å². The van der Waals surface area contributed by atoms with Gasteiger partial charge < -0.3 is 11.5 Å². The number of anilines is 1. The number of unbranched alkanes of at least 4 members (excludes halogenated alkanes) is 2. The molecule has 3 heteroatoms. The fourth-order valence-corrected chi connectivity index (χ4v) is 1.67. The minimum absolute atomic E-state index is 0.0470. The second kappa shape index (κ2) is 6.28. The number of carbonyl (C=O) groups is 1. The summed E-state index contributed by atoms with van der Waals surface area (Å²) in [4.78, 5) is 12.0. The van der Waals surface area contributed by atoms with E-state index in [1.54, 1.807) is 12.1 Å². The molecule has 0 saturated carbocycles. The average Bonchev–Trinajstić information content (AvgIpc) is 2.29. The summed E-state index contributed by atoms with van der Waals surface area (Å²) in [7, 11) is 0. The summed E-state index contributed by atoms with van der Waals surface area (Å²) in [5.74, 6) is -0.0470. The van der Waals surface area contributed by atoms with E-state index in [2.05, 4.69) is 6.92 Å². The molecule has 0 spiro atoms. The fourth-order valence-electron chi connectivity index (χ4n) is 1.67. The van der Waals surface area contributed by atoms with Crippen LogP contribution in [0, 0.1) is 0 Å². The summed E-state index contributed by atoms with van der Waals surface area (Å²) >= 11 is 0. The second-order valence-corrected chi connectivity index (χ2v) is 4.05. The van der Waals surface area contributed by atoms with Gasteiger partial charge in [0.1, 0.15) is 0 Å². The molecule has 0 bridgehead atoms. The minimum atomic E-state index is -0.420. The smallest absolute Gasteiger partial charge is 0.181 e. The minimum Gasteiger partial charge on any atom is -0.398 e. The Morgan fingerprint density at radius 1 is 1.31 bits per heavy atom. The molecule has 88 valence electrons. The summed E-state index contributed by atoms with van der Waals surface area (Å²) < 4.78 is 0. The first-order valence-corrected chi connectivity index (χ1v) is 5.81. The highest BCUT2D eigenvalue weighted by Gasteiger charge is 2.16. The van der Waals surface area contributed by atoms with Crippen LogP contribution in [0.15, 0.2) is 24.3 Å². The number of hydrogen-bond donors (Lipinski definition) is 2. The molecule has 0 amide bonds. The molecule has 16 heavy (non-hydrogen) atoms. The highest BCUT2D eigenvalue weighted by atomic mass is 16.1. The van der Waals surface area contributed by atoms with Gasteiger partial charge in [-0.15, -0.1) is 0 Å². The van der Waals surface area contributed by atoms with E-state index >= 15 is 0 Å². The summed E-state index contributed by atoms with van der Waals surface area (Å²) in [6.45, 7) is 2.13. The van der Waals surface area contributed by atoms with E-state index in [9.17, 15) is 4.79 Å². The van der Waals surface area contributed by atoms with Crippen molar-refractivity contribution in [2.45, 2.75) is 38.6 Å². The molecule has 1 atom stereocenters. The Morgan fingerprint density at radius 2 is 2.00 bits per heavy atom. The van der Waals surface area contributed by atoms with Crippen molar-refractivity contribution in [3.63, 3.8) is 0 Å². The standard InChI is InChI=1S/C13H20N2O/c1-2-3-4-9-12(15)13(16)10-7-5-6-8-11(10)14/h5-8,12H,2-4,9,14-15H2,1H3. The first-order chi connectivity index (χ1) is 7.66. The van der Waals surface area contributed by atoms with Crippen LogP contribution in [0.4, 0.5) is 5.69 Å². The van der Waals surface area contributed by atoms with E-state index in [1.807, 2.05) is 12.1 Å². The molecule has 0 aliphatic heterocycles. The van der Waals surface area contributed by atoms with Crippen LogP contribution < -0.4 is 11.5 Å². The lowest BCUT2D eigenvalue weighted by Gasteiger charge is -2.11. The third kappa shape index (κ3) is 3.35. The van der Waals surface area contributed by atoms with Gasteiger partial charge in [-0.3, -0.25) is 4.79 Å². The molecule has 0 radical (unpaired) electrons. The summed E-state index contributed by atoms with van der Waals surface area (Å²) in [5, 5.41) is 0. The molecular weight excluding hydrogens is 200 g/mol. The summed E-state index contributed by atoms with van der Waals surface area (Å²) in [6.07, 6.45) is 3.98. The third-order valence-electron chi connectivity index (χ3n) is 2.68. The second-order valence-electron chi connectivity index (χ2n) is 4.05. The first kappa shape index (κ1) is 12.7. The van der Waals surface area contributed by atoms with E-state index < -0.39 is 6.04 Å². The van der Waals surface area contributed by atoms with E-state index in [1.165, 1.54) is 0 Å². The fraction of sp³-hybridized carbons (Fsp3) is 0.462. The Kier molecular flexibility index (Phi) is 4.99. The van der Waals surface area contributed by atoms with Crippen LogP contribution in [0.25, 0.3) is 0 Å². The molecule has 1 rings (SSSR count). The molecule has 1 unspecified atom stereocenters. The number of carbonyl (C=O) groups excluding carboxylic acids is 1. The molecule has 1 aromatic carbocycles. The van der Waals surface area contributed by atoms with Crippen LogP contribution in [0.3, 0.4) is 0 Å². The number of nitrogen functional groups attached to an aromatic ring is 1. The molecule has 3 nitrogen and oxygen atoms in total. The monoisotopic (exact) mass is 220 g/mol. The summed E-state index contributed by atoms with van der Waals surface area (Å²) in [6, 6.07) is 6.66. The average molecular weight is 220 g/mol. The number of ketones is 1. The third-order valence-corrected chi connectivity index (χ3v) is 2.68. The Labute approximate surface area is 96.8 Å². The van der Waals surface area contributed by atoms with Crippen molar-refractivity contribution in [3.05, 3.63) is 29.8 Å². The maximum Gasteiger partial charge on any atom is 0.181 e. The zero-order chi connectivity index (χ0) is 12.0. The molecule has 4 N–H and O–H groups in total. The van der Waals surface area contributed by atoms with Crippen LogP contribution in [0.5, 0.6) is 0 Å². The Balaban J connectivity index is 2.60. The van der Waals surface area contributed by atoms with Crippen molar-refractivity contribution in [2.75, 3.05) is 5.73 Å². The molecule has 0 heterocycles. The molecule has 0 aliphatic rings. The lowest BCUT2D eigenvalue weighted by molar-refractivity contribution is 0.0957. The zero-order valence-corrected chi connectivity index (χ0v) is 9.78. The van der Waals surface area contributed by atoms with Gasteiger partial charge in [0.15, 0.2) is 5.78 Å². The van der Waals surface area contributed by atoms with Gasteiger partial charge in [-0.1, -0.05) is 38.3 Å². The van der Waals surface area contributed by atoms with Crippen LogP contribution in [-0.2, 0) is 0 Å². The van der Waals surface area contributed by atoms with E-state index in [-0.39, 0.29) is 5.78 Å². The van der Waals surface area contributed by atoms with E-state index in [0.29, 0.717) is 11.3 Å². The van der Waals surface area contributed by atoms with Gasteiger partial charge in [-0.2, -0.15) is 0 Å². The predicted octanol–water partition coefficient (Wildman–Crippen LogP) is 2.36. The highest BCUT2D eigenvalue weighted by molar-refractivity contribution is 6.04. The van der Waals surface area contributed by atoms with Crippen LogP contribution in [0.2, 0.25) is 0 Å². The normalized spacial score (nSPS) is 12.4. The maximum atomic E-state index is 12.0. The zero-order valence-electron chi connectivity index (χ0n) is 9.78. The number of Topliss-reactive ketones (excluding diaryl/α,β-unsaturated/α-hetero) is 1. The van der Waals surface area contributed by atoms with Gasteiger partial charge in [-0.25, -0.2) is 0 Å². The number of para-hydroxylation sites is 1. The molecule has 0 saturated heterocycles. The van der Waals surface area contributed by atoms with Crippen molar-refractivity contribution in [3.8, 4) is 0 Å². The lowest BCUT2D eigenvalue weighted by atomic mass is 9.99. The van der Waals surface area contributed by atoms with E-state index in [4.69, 9.17) is 11.5 Å². The van der Waals surface area contributed by atoms with E-state index in [0.717, 1.165) is 25.7 Å². The van der Waals surface area contributed by atoms with Crippen LogP contribution >= 0.6 is 0 Å². The van der Waals surface area contributed by atoms with Gasteiger partial charge in [0.05, 0.1) is 6.04 Å². The van der Waals surface area contributed by atoms with Crippen LogP contribution in [-0.4, -0.2) is 11.8 Å². The van der Waals surface area contributed by atoms with Crippen LogP contribution in [0.1, 0.15) is 43.0 Å². The molecular formula is C13H20N2O. The number of hydrogen-bond acceptors (Lipinski definition) is 3. The SMILES string of the molecule is CCCCCC(N)C(=O)c1ccccc1N. The molecule has 0 aliphatic carbocycles. The number of benzene rings is 1. The predicted molar refractivity (Wildman–Crippen MR) is 67.3 cm³/mol. The Morgan fingerprint density at radius 3 is 2.62 bits per heavy atom. The van der Waals surface area contributed by atoms with Crippen molar-refractivity contribution < 1.29 is 4.79 Å². The highest BCUT2D eigenvalue weighted by Crippen LogP contribution is 2.14. The van der Waals surface area contributed by atoms with Gasteiger partial charge in [0.2, 0.25) is 0 Å². The Hall–Kier alpha value is -1.35. The molecule has 0 aromatic heterocycles. The number of nitrogens with two attached hydrogens (primary N) is 2. The largest absolute Gasteiger partial charge is 0.398 e.